The van der Waals surface area contributed by atoms with E-state index in [-0.39, 0.29) is 12.1 Å². The molecule has 0 heterocycles. The second-order valence-corrected chi connectivity index (χ2v) is 5.46. The summed E-state index contributed by atoms with van der Waals surface area (Å²) < 4.78 is 5.52. The molecule has 1 aromatic carbocycles. The van der Waals surface area contributed by atoms with E-state index in [0.29, 0.717) is 6.61 Å². The summed E-state index contributed by atoms with van der Waals surface area (Å²) in [5.74, 6) is 6.31. The number of halogens is 1. The van der Waals surface area contributed by atoms with E-state index in [4.69, 9.17) is 22.2 Å². The molecule has 1 unspecified atom stereocenters. The van der Waals surface area contributed by atoms with Gasteiger partial charge in [0.15, 0.2) is 0 Å². The maximum Gasteiger partial charge on any atom is 0.0644 e. The second kappa shape index (κ2) is 7.95. The average Bonchev–Trinajstić information content (AvgIpc) is 2.31. The van der Waals surface area contributed by atoms with Crippen molar-refractivity contribution in [3.63, 3.8) is 0 Å². The van der Waals surface area contributed by atoms with Crippen LogP contribution in [0, 0.1) is 0 Å². The third-order valence-corrected chi connectivity index (χ3v) is 3.82. The minimum absolute atomic E-state index is 0.124. The van der Waals surface area contributed by atoms with Crippen LogP contribution in [0.3, 0.4) is 0 Å². The Morgan fingerprint density at radius 3 is 2.71 bits per heavy atom. The highest BCUT2D eigenvalue weighted by Gasteiger charge is 2.09. The first kappa shape index (κ1) is 14.8. The molecule has 1 rings (SSSR count). The van der Waals surface area contributed by atoms with Crippen molar-refractivity contribution in [2.24, 2.45) is 5.84 Å². The number of hydrogen-bond donors (Lipinski definition) is 2. The molecule has 0 aliphatic carbocycles. The van der Waals surface area contributed by atoms with E-state index < -0.39 is 0 Å². The largest absolute Gasteiger partial charge is 0.377 e. The van der Waals surface area contributed by atoms with Gasteiger partial charge in [-0.2, -0.15) is 0 Å². The normalized spacial score (nSPS) is 13.0. The molecule has 0 spiro atoms. The van der Waals surface area contributed by atoms with Crippen molar-refractivity contribution >= 4 is 23.4 Å². The van der Waals surface area contributed by atoms with E-state index in [2.05, 4.69) is 5.43 Å². The number of thioether (sulfide) groups is 1. The smallest absolute Gasteiger partial charge is 0.0644 e. The molecular weight excluding hydrogens is 256 g/mol. The van der Waals surface area contributed by atoms with Crippen molar-refractivity contribution in [3.05, 3.63) is 29.3 Å². The van der Waals surface area contributed by atoms with E-state index in [1.165, 1.54) is 0 Å². The fraction of sp³-hybridized carbons (Fsp3) is 0.500. The van der Waals surface area contributed by atoms with Gasteiger partial charge in [-0.15, -0.1) is 11.8 Å². The third-order valence-electron chi connectivity index (χ3n) is 2.14. The molecule has 0 aromatic heterocycles. The van der Waals surface area contributed by atoms with Crippen molar-refractivity contribution in [1.29, 1.82) is 0 Å². The maximum atomic E-state index is 6.07. The minimum atomic E-state index is 0.124. The molecule has 0 saturated carbocycles. The Bertz CT molecular complexity index is 336. The number of nitrogens with two attached hydrogens (primary N) is 1. The predicted octanol–water partition coefficient (Wildman–Crippen LogP) is 2.69. The van der Waals surface area contributed by atoms with Crippen molar-refractivity contribution in [2.75, 3.05) is 12.4 Å². The van der Waals surface area contributed by atoms with Gasteiger partial charge in [-0.1, -0.05) is 23.7 Å². The topological polar surface area (TPSA) is 47.3 Å². The summed E-state index contributed by atoms with van der Waals surface area (Å²) in [5.41, 5.74) is 2.76. The Kier molecular flexibility index (Phi) is 6.92. The fourth-order valence-corrected chi connectivity index (χ4v) is 2.46. The van der Waals surface area contributed by atoms with Crippen LogP contribution in [0.5, 0.6) is 0 Å². The second-order valence-electron chi connectivity index (χ2n) is 3.99. The Balaban J connectivity index is 2.40. The summed E-state index contributed by atoms with van der Waals surface area (Å²) in [7, 11) is 0. The number of ether oxygens (including phenoxy) is 1. The van der Waals surface area contributed by atoms with E-state index in [9.17, 15) is 0 Å². The Morgan fingerprint density at radius 2 is 2.12 bits per heavy atom. The number of hydrazine groups is 1. The van der Waals surface area contributed by atoms with Crippen LogP contribution in [0.4, 0.5) is 0 Å². The first-order valence-electron chi connectivity index (χ1n) is 5.58. The van der Waals surface area contributed by atoms with Crippen LogP contribution in [-0.2, 0) is 4.74 Å². The van der Waals surface area contributed by atoms with E-state index in [1.54, 1.807) is 11.8 Å². The van der Waals surface area contributed by atoms with Gasteiger partial charge in [0, 0.05) is 10.6 Å². The molecule has 0 aliphatic rings. The van der Waals surface area contributed by atoms with Gasteiger partial charge >= 0.3 is 0 Å². The monoisotopic (exact) mass is 274 g/mol. The molecule has 0 bridgehead atoms. The number of benzene rings is 1. The molecule has 0 aliphatic heterocycles. The zero-order valence-corrected chi connectivity index (χ0v) is 11.7. The van der Waals surface area contributed by atoms with Crippen LogP contribution in [0.25, 0.3) is 0 Å². The van der Waals surface area contributed by atoms with Gasteiger partial charge in [-0.3, -0.25) is 11.3 Å². The summed E-state index contributed by atoms with van der Waals surface area (Å²) in [4.78, 5) is 1.07. The lowest BCUT2D eigenvalue weighted by Gasteiger charge is -2.17. The van der Waals surface area contributed by atoms with E-state index in [1.807, 2.05) is 38.1 Å². The zero-order valence-electron chi connectivity index (χ0n) is 10.2. The van der Waals surface area contributed by atoms with Gasteiger partial charge in [0.2, 0.25) is 0 Å². The van der Waals surface area contributed by atoms with Crippen LogP contribution in [-0.4, -0.2) is 24.5 Å². The van der Waals surface area contributed by atoms with Crippen LogP contribution < -0.4 is 11.3 Å². The molecule has 17 heavy (non-hydrogen) atoms. The Morgan fingerprint density at radius 1 is 1.41 bits per heavy atom. The van der Waals surface area contributed by atoms with Gasteiger partial charge in [-0.05, 0) is 26.0 Å². The first-order valence-corrected chi connectivity index (χ1v) is 6.95. The number of rotatable bonds is 7. The molecule has 3 N–H and O–H groups in total. The van der Waals surface area contributed by atoms with Crippen LogP contribution in [0.15, 0.2) is 29.2 Å². The Labute approximate surface area is 112 Å². The molecule has 0 saturated heterocycles. The standard InChI is InChI=1S/C12H19ClN2OS/c1-9(2)16-7-10(15-14)8-17-12-6-4-3-5-11(12)13/h3-6,9-10,15H,7-8,14H2,1-2H3. The number of nitrogens with one attached hydrogen (secondary N) is 1. The summed E-state index contributed by atoms with van der Waals surface area (Å²) in [6, 6.07) is 7.92. The van der Waals surface area contributed by atoms with Gasteiger partial charge in [0.1, 0.15) is 0 Å². The lowest BCUT2D eigenvalue weighted by molar-refractivity contribution is 0.0655. The quantitative estimate of drug-likeness (QED) is 0.456. The molecule has 5 heteroatoms. The van der Waals surface area contributed by atoms with Crippen molar-refractivity contribution in [3.8, 4) is 0 Å². The predicted molar refractivity (Wildman–Crippen MR) is 74.4 cm³/mol. The summed E-state index contributed by atoms with van der Waals surface area (Å²) in [6.45, 7) is 4.62. The molecule has 0 radical (unpaired) electrons. The van der Waals surface area contributed by atoms with Gasteiger partial charge in [0.05, 0.1) is 23.8 Å². The molecule has 96 valence electrons. The lowest BCUT2D eigenvalue weighted by Crippen LogP contribution is -2.41. The summed E-state index contributed by atoms with van der Waals surface area (Å²) in [5, 5.41) is 0.776. The highest BCUT2D eigenvalue weighted by molar-refractivity contribution is 7.99. The highest BCUT2D eigenvalue weighted by Crippen LogP contribution is 2.26. The molecule has 0 amide bonds. The Hall–Kier alpha value is -0.260. The highest BCUT2D eigenvalue weighted by atomic mass is 35.5. The number of hydrogen-bond acceptors (Lipinski definition) is 4. The van der Waals surface area contributed by atoms with Gasteiger partial charge < -0.3 is 4.74 Å². The lowest BCUT2D eigenvalue weighted by atomic mass is 10.4. The molecule has 1 atom stereocenters. The third kappa shape index (κ3) is 5.75. The summed E-state index contributed by atoms with van der Waals surface area (Å²) in [6.07, 6.45) is 0.219. The van der Waals surface area contributed by atoms with Crippen LogP contribution in [0.2, 0.25) is 5.02 Å². The van der Waals surface area contributed by atoms with Crippen LogP contribution >= 0.6 is 23.4 Å². The summed E-state index contributed by atoms with van der Waals surface area (Å²) >= 11 is 7.75. The van der Waals surface area contributed by atoms with Crippen molar-refractivity contribution < 1.29 is 4.74 Å². The van der Waals surface area contributed by atoms with Crippen LogP contribution in [0.1, 0.15) is 13.8 Å². The first-order chi connectivity index (χ1) is 8.13. The SMILES string of the molecule is CC(C)OCC(CSc1ccccc1Cl)NN. The average molecular weight is 275 g/mol. The van der Waals surface area contributed by atoms with Gasteiger partial charge in [0.25, 0.3) is 0 Å². The zero-order chi connectivity index (χ0) is 12.7. The fourth-order valence-electron chi connectivity index (χ4n) is 1.21. The molecule has 3 nitrogen and oxygen atoms in total. The van der Waals surface area contributed by atoms with E-state index >= 15 is 0 Å². The molecule has 1 aromatic rings. The minimum Gasteiger partial charge on any atom is -0.377 e. The maximum absolute atomic E-state index is 6.07. The molecule has 0 fully saturated rings. The molecular formula is C12H19ClN2OS. The van der Waals surface area contributed by atoms with E-state index in [0.717, 1.165) is 15.7 Å². The van der Waals surface area contributed by atoms with Crippen molar-refractivity contribution in [1.82, 2.24) is 5.43 Å². The van der Waals surface area contributed by atoms with Gasteiger partial charge in [-0.25, -0.2) is 0 Å². The van der Waals surface area contributed by atoms with Crippen molar-refractivity contribution in [2.45, 2.75) is 30.9 Å².